The first-order valence-corrected chi connectivity index (χ1v) is 5.73. The van der Waals surface area contributed by atoms with Crippen molar-refractivity contribution in [2.45, 2.75) is 19.9 Å². The summed E-state index contributed by atoms with van der Waals surface area (Å²) < 4.78 is 26.0. The highest BCUT2D eigenvalue weighted by molar-refractivity contribution is 5.18. The summed E-state index contributed by atoms with van der Waals surface area (Å²) in [6.45, 7) is 1.36. The molecular formula is C10H16F2N4O3. The molecule has 1 rings (SSSR count). The van der Waals surface area contributed by atoms with Crippen molar-refractivity contribution in [1.82, 2.24) is 14.5 Å². The minimum absolute atomic E-state index is 0.103. The van der Waals surface area contributed by atoms with E-state index in [1.807, 2.05) is 0 Å². The summed E-state index contributed by atoms with van der Waals surface area (Å²) in [5.74, 6) is 0.284. The average Bonchev–Trinajstić information content (AvgIpc) is 2.67. The van der Waals surface area contributed by atoms with Gasteiger partial charge in [-0.3, -0.25) is 4.90 Å². The topological polar surface area (TPSA) is 84.4 Å². The van der Waals surface area contributed by atoms with Crippen molar-refractivity contribution in [1.29, 1.82) is 0 Å². The van der Waals surface area contributed by atoms with Crippen molar-refractivity contribution in [3.05, 3.63) is 22.1 Å². The van der Waals surface area contributed by atoms with Gasteiger partial charge in [-0.05, 0) is 4.92 Å². The molecule has 0 saturated carbocycles. The Morgan fingerprint density at radius 2 is 2.26 bits per heavy atom. The molecule has 108 valence electrons. The number of alkyl halides is 2. The molecule has 7 nitrogen and oxygen atoms in total. The van der Waals surface area contributed by atoms with Crippen LogP contribution in [0.2, 0.25) is 0 Å². The number of aryl methyl sites for hydroxylation is 1. The number of nitro groups is 1. The van der Waals surface area contributed by atoms with Crippen molar-refractivity contribution in [3.63, 3.8) is 0 Å². The Morgan fingerprint density at radius 3 is 2.79 bits per heavy atom. The summed E-state index contributed by atoms with van der Waals surface area (Å²) in [7, 11) is 0. The smallest absolute Gasteiger partial charge is 0.342 e. The second kappa shape index (κ2) is 7.10. The molecule has 0 unspecified atom stereocenters. The highest BCUT2D eigenvalue weighted by atomic mass is 19.3. The molecule has 0 atom stereocenters. The van der Waals surface area contributed by atoms with Crippen LogP contribution in [0.5, 0.6) is 0 Å². The summed E-state index contributed by atoms with van der Waals surface area (Å²) >= 11 is 0. The van der Waals surface area contributed by atoms with Gasteiger partial charge in [-0.25, -0.2) is 18.3 Å². The Balaban J connectivity index is 2.68. The second-order valence-corrected chi connectivity index (χ2v) is 3.99. The lowest BCUT2D eigenvalue weighted by Gasteiger charge is -2.19. The molecule has 0 bridgehead atoms. The molecule has 0 aliphatic carbocycles. The molecule has 0 aromatic carbocycles. The lowest BCUT2D eigenvalue weighted by molar-refractivity contribution is -0.392. The van der Waals surface area contributed by atoms with E-state index in [0.29, 0.717) is 5.82 Å². The maximum absolute atomic E-state index is 12.3. The van der Waals surface area contributed by atoms with Gasteiger partial charge >= 0.3 is 5.82 Å². The Labute approximate surface area is 108 Å². The molecule has 0 radical (unpaired) electrons. The lowest BCUT2D eigenvalue weighted by atomic mass is 10.4. The predicted octanol–water partition coefficient (Wildman–Crippen LogP) is 0.659. The number of imidazole rings is 1. The molecule has 1 N–H and O–H groups in total. The summed E-state index contributed by atoms with van der Waals surface area (Å²) in [6, 6.07) is 0. The van der Waals surface area contributed by atoms with E-state index < -0.39 is 17.9 Å². The zero-order chi connectivity index (χ0) is 14.4. The van der Waals surface area contributed by atoms with Crippen molar-refractivity contribution >= 4 is 5.82 Å². The largest absolute Gasteiger partial charge is 0.395 e. The third-order valence-corrected chi connectivity index (χ3v) is 2.67. The number of rotatable bonds is 8. The molecule has 1 heterocycles. The maximum atomic E-state index is 12.3. The first-order chi connectivity index (χ1) is 8.95. The van der Waals surface area contributed by atoms with Crippen LogP contribution in [0.15, 0.2) is 6.20 Å². The summed E-state index contributed by atoms with van der Waals surface area (Å²) in [4.78, 5) is 15.4. The zero-order valence-corrected chi connectivity index (χ0v) is 10.5. The third-order valence-electron chi connectivity index (χ3n) is 2.67. The van der Waals surface area contributed by atoms with Gasteiger partial charge in [0, 0.05) is 20.0 Å². The van der Waals surface area contributed by atoms with E-state index in [-0.39, 0.29) is 32.1 Å². The molecule has 0 amide bonds. The van der Waals surface area contributed by atoms with E-state index in [0.717, 1.165) is 6.20 Å². The van der Waals surface area contributed by atoms with Crippen molar-refractivity contribution in [3.8, 4) is 0 Å². The molecule has 9 heteroatoms. The number of aliphatic hydroxyl groups is 1. The van der Waals surface area contributed by atoms with E-state index in [4.69, 9.17) is 5.11 Å². The molecule has 1 aromatic heterocycles. The van der Waals surface area contributed by atoms with Gasteiger partial charge in [0.05, 0.1) is 13.2 Å². The number of hydrogen-bond acceptors (Lipinski definition) is 5. The number of nitrogens with zero attached hydrogens (tertiary/aromatic N) is 4. The fraction of sp³-hybridized carbons (Fsp3) is 0.700. The normalized spacial score (nSPS) is 11.5. The van der Waals surface area contributed by atoms with Gasteiger partial charge in [-0.2, -0.15) is 0 Å². The highest BCUT2D eigenvalue weighted by Gasteiger charge is 2.19. The molecule has 0 aliphatic rings. The Morgan fingerprint density at radius 1 is 1.58 bits per heavy atom. The van der Waals surface area contributed by atoms with Crippen LogP contribution in [0.4, 0.5) is 14.6 Å². The van der Waals surface area contributed by atoms with Gasteiger partial charge in [-0.15, -0.1) is 0 Å². The molecule has 0 saturated heterocycles. The maximum Gasteiger partial charge on any atom is 0.342 e. The fourth-order valence-corrected chi connectivity index (χ4v) is 1.75. The Hall–Kier alpha value is -1.61. The molecular weight excluding hydrogens is 262 g/mol. The highest BCUT2D eigenvalue weighted by Crippen LogP contribution is 2.13. The van der Waals surface area contributed by atoms with Crippen LogP contribution in [-0.2, 0) is 6.54 Å². The monoisotopic (exact) mass is 278 g/mol. The van der Waals surface area contributed by atoms with E-state index >= 15 is 0 Å². The van der Waals surface area contributed by atoms with Crippen molar-refractivity contribution in [2.24, 2.45) is 0 Å². The fourth-order valence-electron chi connectivity index (χ4n) is 1.75. The number of aliphatic hydroxyl groups excluding tert-OH is 1. The van der Waals surface area contributed by atoms with Crippen LogP contribution in [0.3, 0.4) is 0 Å². The van der Waals surface area contributed by atoms with Gasteiger partial charge in [0.25, 0.3) is 6.43 Å². The van der Waals surface area contributed by atoms with Gasteiger partial charge in [0.15, 0.2) is 5.82 Å². The van der Waals surface area contributed by atoms with Gasteiger partial charge < -0.3 is 15.2 Å². The van der Waals surface area contributed by atoms with E-state index in [1.54, 1.807) is 6.92 Å². The van der Waals surface area contributed by atoms with Gasteiger partial charge in [0.1, 0.15) is 12.7 Å². The molecule has 0 fully saturated rings. The average molecular weight is 278 g/mol. The second-order valence-electron chi connectivity index (χ2n) is 3.99. The summed E-state index contributed by atoms with van der Waals surface area (Å²) in [6.07, 6.45) is -1.37. The lowest BCUT2D eigenvalue weighted by Crippen LogP contribution is -2.34. The van der Waals surface area contributed by atoms with E-state index in [2.05, 4.69) is 4.98 Å². The van der Waals surface area contributed by atoms with Crippen LogP contribution >= 0.6 is 0 Å². The third kappa shape index (κ3) is 4.52. The van der Waals surface area contributed by atoms with Crippen molar-refractivity contribution in [2.75, 3.05) is 26.2 Å². The molecule has 19 heavy (non-hydrogen) atoms. The Bertz CT molecular complexity index is 425. The molecule has 0 spiro atoms. The van der Waals surface area contributed by atoms with Crippen LogP contribution in [0, 0.1) is 17.0 Å². The van der Waals surface area contributed by atoms with Crippen LogP contribution in [0.25, 0.3) is 0 Å². The minimum Gasteiger partial charge on any atom is -0.395 e. The van der Waals surface area contributed by atoms with Crippen LogP contribution in [-0.4, -0.2) is 57.1 Å². The van der Waals surface area contributed by atoms with Crippen molar-refractivity contribution < 1.29 is 18.8 Å². The summed E-state index contributed by atoms with van der Waals surface area (Å²) in [5, 5.41) is 19.5. The Kier molecular flexibility index (Phi) is 5.77. The number of halogens is 2. The zero-order valence-electron chi connectivity index (χ0n) is 10.5. The molecule has 0 aliphatic heterocycles. The van der Waals surface area contributed by atoms with E-state index in [1.165, 1.54) is 9.47 Å². The summed E-state index contributed by atoms with van der Waals surface area (Å²) in [5.41, 5.74) is 0. The standard InChI is InChI=1S/C10H16F2N4O3/c1-8-13-6-10(16(18)19)15(8)3-2-14(4-5-17)7-9(11)12/h6,9,17H,2-5,7H2,1H3. The number of aromatic nitrogens is 2. The van der Waals surface area contributed by atoms with Gasteiger partial charge in [0.2, 0.25) is 0 Å². The SMILES string of the molecule is Cc1ncc([N+](=O)[O-])n1CCN(CCO)CC(F)F. The quantitative estimate of drug-likeness (QED) is 0.558. The first kappa shape index (κ1) is 15.4. The molecule has 1 aromatic rings. The van der Waals surface area contributed by atoms with Crippen LogP contribution in [0.1, 0.15) is 5.82 Å². The van der Waals surface area contributed by atoms with E-state index in [9.17, 15) is 18.9 Å². The minimum atomic E-state index is -2.51. The predicted molar refractivity (Wildman–Crippen MR) is 63.1 cm³/mol. The first-order valence-electron chi connectivity index (χ1n) is 5.73. The number of hydrogen-bond donors (Lipinski definition) is 1. The van der Waals surface area contributed by atoms with Crippen LogP contribution < -0.4 is 0 Å². The van der Waals surface area contributed by atoms with Gasteiger partial charge in [-0.1, -0.05) is 0 Å².